The van der Waals surface area contributed by atoms with E-state index in [0.717, 1.165) is 15.6 Å². The predicted molar refractivity (Wildman–Crippen MR) is 65.5 cm³/mol. The van der Waals surface area contributed by atoms with Crippen molar-refractivity contribution >= 4 is 15.9 Å². The van der Waals surface area contributed by atoms with Gasteiger partial charge in [-0.15, -0.1) is 0 Å². The minimum Gasteiger partial charge on any atom is -0.392 e. The highest BCUT2D eigenvalue weighted by molar-refractivity contribution is 9.10. The summed E-state index contributed by atoms with van der Waals surface area (Å²) in [5.74, 6) is 0. The fourth-order valence-corrected chi connectivity index (χ4v) is 1.88. The Morgan fingerprint density at radius 3 is 2.33 bits per heavy atom. The molecule has 0 aliphatic rings. The average Bonchev–Trinajstić information content (AvgIpc) is 2.31. The van der Waals surface area contributed by atoms with Gasteiger partial charge < -0.3 is 5.11 Å². The number of halogens is 1. The van der Waals surface area contributed by atoms with Crippen molar-refractivity contribution in [3.63, 3.8) is 0 Å². The number of hydrogen-bond acceptors (Lipinski definition) is 1. The first-order valence-corrected chi connectivity index (χ1v) is 5.55. The molecule has 0 saturated carbocycles. The number of aliphatic hydroxyl groups is 1. The van der Waals surface area contributed by atoms with E-state index in [2.05, 4.69) is 28.1 Å². The Kier molecular flexibility index (Phi) is 3.19. The van der Waals surface area contributed by atoms with Crippen LogP contribution in [0.15, 0.2) is 53.0 Å². The molecule has 0 unspecified atom stereocenters. The zero-order valence-electron chi connectivity index (χ0n) is 8.15. The first-order valence-electron chi connectivity index (χ1n) is 4.76. The van der Waals surface area contributed by atoms with Crippen LogP contribution in [0.1, 0.15) is 5.56 Å². The third-order valence-corrected chi connectivity index (χ3v) is 3.10. The summed E-state index contributed by atoms with van der Waals surface area (Å²) in [6, 6.07) is 16.1. The van der Waals surface area contributed by atoms with Gasteiger partial charge in [-0.1, -0.05) is 52.3 Å². The van der Waals surface area contributed by atoms with Gasteiger partial charge in [0.2, 0.25) is 0 Å². The van der Waals surface area contributed by atoms with Crippen LogP contribution in [0.25, 0.3) is 11.1 Å². The van der Waals surface area contributed by atoms with Gasteiger partial charge in [0.05, 0.1) is 6.61 Å². The summed E-state index contributed by atoms with van der Waals surface area (Å²) in [7, 11) is 0. The van der Waals surface area contributed by atoms with Crippen LogP contribution in [-0.2, 0) is 6.61 Å². The van der Waals surface area contributed by atoms with E-state index < -0.39 is 0 Å². The summed E-state index contributed by atoms with van der Waals surface area (Å²) in [5.41, 5.74) is 3.21. The maximum Gasteiger partial charge on any atom is 0.0693 e. The SMILES string of the molecule is OCc1cc(-c2ccccc2)ccc1Br. The molecule has 0 aromatic heterocycles. The van der Waals surface area contributed by atoms with Crippen LogP contribution in [0.4, 0.5) is 0 Å². The number of aliphatic hydroxyl groups excluding tert-OH is 1. The van der Waals surface area contributed by atoms with Crippen LogP contribution in [0.2, 0.25) is 0 Å². The number of hydrogen-bond donors (Lipinski definition) is 1. The smallest absolute Gasteiger partial charge is 0.0693 e. The monoisotopic (exact) mass is 262 g/mol. The van der Waals surface area contributed by atoms with E-state index in [9.17, 15) is 0 Å². The van der Waals surface area contributed by atoms with E-state index in [1.807, 2.05) is 36.4 Å². The highest BCUT2D eigenvalue weighted by Crippen LogP contribution is 2.25. The third kappa shape index (κ3) is 2.28. The number of rotatable bonds is 2. The van der Waals surface area contributed by atoms with Crippen molar-refractivity contribution in [2.45, 2.75) is 6.61 Å². The molecule has 0 saturated heterocycles. The Bertz CT molecular complexity index is 451. The third-order valence-electron chi connectivity index (χ3n) is 2.32. The molecule has 0 aliphatic carbocycles. The molecular weight excluding hydrogens is 252 g/mol. The van der Waals surface area contributed by atoms with Crippen molar-refractivity contribution in [1.82, 2.24) is 0 Å². The molecule has 0 amide bonds. The molecule has 2 aromatic carbocycles. The minimum absolute atomic E-state index is 0.0568. The molecule has 76 valence electrons. The molecule has 15 heavy (non-hydrogen) atoms. The summed E-state index contributed by atoms with van der Waals surface area (Å²) in [6.07, 6.45) is 0. The minimum atomic E-state index is 0.0568. The van der Waals surface area contributed by atoms with Crippen molar-refractivity contribution in [3.8, 4) is 11.1 Å². The predicted octanol–water partition coefficient (Wildman–Crippen LogP) is 3.61. The standard InChI is InChI=1S/C13H11BrO/c14-13-7-6-11(8-12(13)9-15)10-4-2-1-3-5-10/h1-8,15H,9H2. The zero-order valence-corrected chi connectivity index (χ0v) is 9.74. The molecule has 0 aliphatic heterocycles. The van der Waals surface area contributed by atoms with E-state index in [4.69, 9.17) is 5.11 Å². The van der Waals surface area contributed by atoms with Crippen molar-refractivity contribution in [1.29, 1.82) is 0 Å². The fourth-order valence-electron chi connectivity index (χ4n) is 1.51. The van der Waals surface area contributed by atoms with Crippen LogP contribution < -0.4 is 0 Å². The topological polar surface area (TPSA) is 20.2 Å². The lowest BCUT2D eigenvalue weighted by molar-refractivity contribution is 0.281. The second-order valence-electron chi connectivity index (χ2n) is 3.33. The second kappa shape index (κ2) is 4.60. The van der Waals surface area contributed by atoms with Gasteiger partial charge in [-0.05, 0) is 28.8 Å². The van der Waals surface area contributed by atoms with Crippen LogP contribution in [-0.4, -0.2) is 5.11 Å². The summed E-state index contributed by atoms with van der Waals surface area (Å²) in [4.78, 5) is 0. The van der Waals surface area contributed by atoms with Crippen LogP contribution in [0, 0.1) is 0 Å². The van der Waals surface area contributed by atoms with Gasteiger partial charge in [0, 0.05) is 4.47 Å². The van der Waals surface area contributed by atoms with Gasteiger partial charge in [0.25, 0.3) is 0 Å². The lowest BCUT2D eigenvalue weighted by atomic mass is 10.0. The molecule has 1 nitrogen and oxygen atoms in total. The van der Waals surface area contributed by atoms with Crippen molar-refractivity contribution < 1.29 is 5.11 Å². The molecule has 0 fully saturated rings. The highest BCUT2D eigenvalue weighted by Gasteiger charge is 2.01. The Morgan fingerprint density at radius 2 is 1.67 bits per heavy atom. The van der Waals surface area contributed by atoms with Gasteiger partial charge in [0.15, 0.2) is 0 Å². The molecule has 0 radical (unpaired) electrons. The molecule has 2 rings (SSSR count). The molecule has 0 bridgehead atoms. The molecule has 0 atom stereocenters. The summed E-state index contributed by atoms with van der Waals surface area (Å²) >= 11 is 3.40. The van der Waals surface area contributed by atoms with Gasteiger partial charge in [-0.25, -0.2) is 0 Å². The highest BCUT2D eigenvalue weighted by atomic mass is 79.9. The van der Waals surface area contributed by atoms with Crippen LogP contribution in [0.5, 0.6) is 0 Å². The maximum atomic E-state index is 9.16. The summed E-state index contributed by atoms with van der Waals surface area (Å²) < 4.78 is 0.949. The van der Waals surface area contributed by atoms with Gasteiger partial charge in [-0.2, -0.15) is 0 Å². The maximum absolute atomic E-state index is 9.16. The van der Waals surface area contributed by atoms with E-state index in [-0.39, 0.29) is 6.61 Å². The Balaban J connectivity index is 2.46. The largest absolute Gasteiger partial charge is 0.392 e. The molecule has 0 spiro atoms. The van der Waals surface area contributed by atoms with E-state index in [1.165, 1.54) is 5.56 Å². The number of benzene rings is 2. The Labute approximate surface area is 97.5 Å². The summed E-state index contributed by atoms with van der Waals surface area (Å²) in [5, 5.41) is 9.16. The van der Waals surface area contributed by atoms with E-state index in [0.29, 0.717) is 0 Å². The van der Waals surface area contributed by atoms with Crippen molar-refractivity contribution in [2.24, 2.45) is 0 Å². The van der Waals surface area contributed by atoms with E-state index >= 15 is 0 Å². The Hall–Kier alpha value is -1.12. The molecule has 0 heterocycles. The zero-order chi connectivity index (χ0) is 10.7. The summed E-state index contributed by atoms with van der Waals surface area (Å²) in [6.45, 7) is 0.0568. The molecule has 1 N–H and O–H groups in total. The van der Waals surface area contributed by atoms with Gasteiger partial charge in [-0.3, -0.25) is 0 Å². The van der Waals surface area contributed by atoms with Crippen LogP contribution >= 0.6 is 15.9 Å². The first kappa shape index (κ1) is 10.4. The second-order valence-corrected chi connectivity index (χ2v) is 4.18. The Morgan fingerprint density at radius 1 is 0.933 bits per heavy atom. The first-order chi connectivity index (χ1) is 7.31. The van der Waals surface area contributed by atoms with Crippen molar-refractivity contribution in [2.75, 3.05) is 0 Å². The fraction of sp³-hybridized carbons (Fsp3) is 0.0769. The average molecular weight is 263 g/mol. The van der Waals surface area contributed by atoms with Gasteiger partial charge >= 0.3 is 0 Å². The molecular formula is C13H11BrO. The van der Waals surface area contributed by atoms with Crippen molar-refractivity contribution in [3.05, 3.63) is 58.6 Å². The lowest BCUT2D eigenvalue weighted by Gasteiger charge is -2.05. The molecule has 2 heteroatoms. The van der Waals surface area contributed by atoms with E-state index in [1.54, 1.807) is 0 Å². The molecule has 2 aromatic rings. The quantitative estimate of drug-likeness (QED) is 0.877. The van der Waals surface area contributed by atoms with Crippen LogP contribution in [0.3, 0.4) is 0 Å². The van der Waals surface area contributed by atoms with Gasteiger partial charge in [0.1, 0.15) is 0 Å². The lowest BCUT2D eigenvalue weighted by Crippen LogP contribution is -1.86. The normalized spacial score (nSPS) is 10.3.